The Labute approximate surface area is 195 Å². The molecule has 0 spiro atoms. The summed E-state index contributed by atoms with van der Waals surface area (Å²) < 4.78 is 31.6. The van der Waals surface area contributed by atoms with Gasteiger partial charge in [0.1, 0.15) is 0 Å². The van der Waals surface area contributed by atoms with Gasteiger partial charge in [-0.1, -0.05) is 0 Å². The van der Waals surface area contributed by atoms with Gasteiger partial charge >= 0.3 is 17.1 Å². The van der Waals surface area contributed by atoms with Crippen molar-refractivity contribution in [3.05, 3.63) is 0 Å². The topological polar surface area (TPSA) is 212 Å². The third-order valence-corrected chi connectivity index (χ3v) is 6.19. The summed E-state index contributed by atoms with van der Waals surface area (Å²) >= 11 is 0. The summed E-state index contributed by atoms with van der Waals surface area (Å²) in [5.41, 5.74) is 35.9. The maximum atomic E-state index is 5.98. The van der Waals surface area contributed by atoms with E-state index in [9.17, 15) is 0 Å². The van der Waals surface area contributed by atoms with E-state index < -0.39 is 0 Å². The van der Waals surface area contributed by atoms with Gasteiger partial charge in [-0.3, -0.25) is 0 Å². The molecule has 0 saturated heterocycles. The number of nitrogens with two attached hydrogens (primary N) is 6. The molecule has 0 aromatic heterocycles. The van der Waals surface area contributed by atoms with Crippen molar-refractivity contribution < 1.29 is 45.5 Å². The SMILES string of the molecule is COC1C(N)C(OC)C(N)C(OC)C1N.COC1C(N)C(OC)C(N)C(OC)C1N.[Cu+2]. The van der Waals surface area contributed by atoms with Crippen molar-refractivity contribution >= 4 is 0 Å². The van der Waals surface area contributed by atoms with Crippen molar-refractivity contribution in [1.29, 1.82) is 0 Å². The minimum atomic E-state index is -0.337. The van der Waals surface area contributed by atoms with Gasteiger partial charge in [0, 0.05) is 42.7 Å². The Morgan fingerprint density at radius 1 is 0.323 bits per heavy atom. The van der Waals surface area contributed by atoms with Gasteiger partial charge in [-0.2, -0.15) is 0 Å². The van der Waals surface area contributed by atoms with Crippen LogP contribution in [0.3, 0.4) is 0 Å². The van der Waals surface area contributed by atoms with Crippen LogP contribution in [-0.2, 0) is 45.5 Å². The first-order chi connectivity index (χ1) is 14.2. The van der Waals surface area contributed by atoms with Crippen LogP contribution in [0.5, 0.6) is 0 Å². The first-order valence-electron chi connectivity index (χ1n) is 9.86. The van der Waals surface area contributed by atoms with Crippen molar-refractivity contribution in [3.8, 4) is 0 Å². The van der Waals surface area contributed by atoms with Gasteiger partial charge in [-0.05, 0) is 0 Å². The van der Waals surface area contributed by atoms with Gasteiger partial charge in [-0.15, -0.1) is 0 Å². The normalized spacial score (nSPS) is 45.3. The van der Waals surface area contributed by atoms with Crippen LogP contribution in [0.15, 0.2) is 0 Å². The van der Waals surface area contributed by atoms with Crippen molar-refractivity contribution in [3.63, 3.8) is 0 Å². The van der Waals surface area contributed by atoms with E-state index in [2.05, 4.69) is 0 Å². The van der Waals surface area contributed by atoms with Crippen LogP contribution in [0, 0.1) is 0 Å². The van der Waals surface area contributed by atoms with Crippen molar-refractivity contribution in [2.45, 2.75) is 72.9 Å². The number of methoxy groups -OCH3 is 6. The summed E-state index contributed by atoms with van der Waals surface area (Å²) in [7, 11) is 9.42. The molecular weight excluding hydrogens is 460 g/mol. The van der Waals surface area contributed by atoms with E-state index in [4.69, 9.17) is 62.8 Å². The average Bonchev–Trinajstić information content (AvgIpc) is 2.70. The van der Waals surface area contributed by atoms with Gasteiger partial charge < -0.3 is 62.8 Å². The van der Waals surface area contributed by atoms with E-state index in [1.807, 2.05) is 0 Å². The Bertz CT molecular complexity index is 368. The Morgan fingerprint density at radius 2 is 0.419 bits per heavy atom. The van der Waals surface area contributed by atoms with Gasteiger partial charge in [0.2, 0.25) is 0 Å². The maximum Gasteiger partial charge on any atom is 2.00 e. The Balaban J connectivity index is 0.000000562. The van der Waals surface area contributed by atoms with Crippen molar-refractivity contribution in [2.24, 2.45) is 34.4 Å². The Morgan fingerprint density at radius 3 is 0.484 bits per heavy atom. The molecular formula is C18H42CuN6O6+2. The predicted octanol–water partition coefficient (Wildman–Crippen LogP) is -3.95. The average molecular weight is 502 g/mol. The molecule has 189 valence electrons. The Hall–Kier alpha value is 0.0395. The number of rotatable bonds is 6. The number of ether oxygens (including phenoxy) is 6. The molecule has 1 radical (unpaired) electrons. The second-order valence-corrected chi connectivity index (χ2v) is 7.67. The molecule has 0 aromatic rings. The molecule has 2 saturated carbocycles. The quantitative estimate of drug-likeness (QED) is 0.192. The number of hydrogen-bond acceptors (Lipinski definition) is 12. The van der Waals surface area contributed by atoms with E-state index >= 15 is 0 Å². The van der Waals surface area contributed by atoms with Gasteiger partial charge in [0.15, 0.2) is 0 Å². The van der Waals surface area contributed by atoms with E-state index in [0.29, 0.717) is 0 Å². The van der Waals surface area contributed by atoms with E-state index in [0.717, 1.165) is 0 Å². The monoisotopic (exact) mass is 501 g/mol. The van der Waals surface area contributed by atoms with Crippen LogP contribution in [-0.4, -0.2) is 116 Å². The Kier molecular flexibility index (Phi) is 14.4. The summed E-state index contributed by atoms with van der Waals surface area (Å²) in [6.45, 7) is 0. The van der Waals surface area contributed by atoms with Crippen molar-refractivity contribution in [2.75, 3.05) is 42.7 Å². The summed E-state index contributed by atoms with van der Waals surface area (Å²) in [6, 6.07) is -2.02. The van der Waals surface area contributed by atoms with Gasteiger partial charge in [-0.25, -0.2) is 0 Å². The van der Waals surface area contributed by atoms with Gasteiger partial charge in [0.05, 0.1) is 72.9 Å². The van der Waals surface area contributed by atoms with Crippen LogP contribution < -0.4 is 34.4 Å². The van der Waals surface area contributed by atoms with Gasteiger partial charge in [0.25, 0.3) is 0 Å². The minimum absolute atomic E-state index is 0. The van der Waals surface area contributed by atoms with E-state index in [-0.39, 0.29) is 89.9 Å². The molecule has 0 atom stereocenters. The molecule has 13 heteroatoms. The van der Waals surface area contributed by atoms with Crippen LogP contribution in [0.2, 0.25) is 0 Å². The molecule has 2 fully saturated rings. The zero-order chi connectivity index (χ0) is 23.2. The van der Waals surface area contributed by atoms with E-state index in [1.54, 1.807) is 42.7 Å². The zero-order valence-electron chi connectivity index (χ0n) is 19.1. The maximum absolute atomic E-state index is 5.98. The molecule has 0 unspecified atom stereocenters. The molecule has 0 aromatic carbocycles. The number of hydrogen-bond donors (Lipinski definition) is 6. The fourth-order valence-corrected chi connectivity index (χ4v) is 4.55. The fraction of sp³-hybridized carbons (Fsp3) is 1.00. The second-order valence-electron chi connectivity index (χ2n) is 7.67. The molecule has 12 N–H and O–H groups in total. The van der Waals surface area contributed by atoms with Crippen LogP contribution in [0.1, 0.15) is 0 Å². The van der Waals surface area contributed by atoms with Crippen molar-refractivity contribution in [1.82, 2.24) is 0 Å². The van der Waals surface area contributed by atoms with E-state index in [1.165, 1.54) is 0 Å². The molecule has 2 rings (SSSR count). The first kappa shape index (κ1) is 31.0. The molecule has 0 amide bonds. The molecule has 0 aliphatic heterocycles. The molecule has 2 aliphatic carbocycles. The molecule has 12 nitrogen and oxygen atoms in total. The molecule has 2 aliphatic rings. The predicted molar refractivity (Wildman–Crippen MR) is 113 cm³/mol. The van der Waals surface area contributed by atoms with Crippen LogP contribution in [0.4, 0.5) is 0 Å². The van der Waals surface area contributed by atoms with Crippen LogP contribution >= 0.6 is 0 Å². The summed E-state index contributed by atoms with van der Waals surface area (Å²) in [5.74, 6) is 0. The molecule has 0 heterocycles. The minimum Gasteiger partial charge on any atom is -0.378 e. The fourth-order valence-electron chi connectivity index (χ4n) is 4.55. The second kappa shape index (κ2) is 14.3. The standard InChI is InChI=1S/2C9H21N3O3.Cu/c2*1-13-7-4(10)8(14-2)6(12)9(15-3)5(7)11;/h2*4-9H,10-12H2,1-3H3;/q;;+2. The smallest absolute Gasteiger partial charge is 0.378 e. The third kappa shape index (κ3) is 6.55. The summed E-state index contributed by atoms with van der Waals surface area (Å²) in [4.78, 5) is 0. The summed E-state index contributed by atoms with van der Waals surface area (Å²) in [6.07, 6.45) is -1.84. The zero-order valence-corrected chi connectivity index (χ0v) is 20.1. The third-order valence-electron chi connectivity index (χ3n) is 6.19. The molecule has 0 bridgehead atoms. The largest absolute Gasteiger partial charge is 2.00 e. The van der Waals surface area contributed by atoms with Crippen LogP contribution in [0.25, 0.3) is 0 Å². The molecule has 31 heavy (non-hydrogen) atoms. The summed E-state index contributed by atoms with van der Waals surface area (Å²) in [5, 5.41) is 0. The first-order valence-corrected chi connectivity index (χ1v) is 9.86.